The SMILES string of the molecule is CCCC1OCCC1C(=O)NC(C)(C)C. The second-order valence-corrected chi connectivity index (χ2v) is 5.33. The summed E-state index contributed by atoms with van der Waals surface area (Å²) in [6, 6.07) is 0. The maximum atomic E-state index is 12.0. The van der Waals surface area contributed by atoms with E-state index in [4.69, 9.17) is 4.74 Å². The van der Waals surface area contributed by atoms with Crippen LogP contribution in [0.25, 0.3) is 0 Å². The molecule has 1 fully saturated rings. The molecule has 2 atom stereocenters. The first-order valence-electron chi connectivity index (χ1n) is 5.87. The van der Waals surface area contributed by atoms with Crippen LogP contribution in [-0.4, -0.2) is 24.2 Å². The van der Waals surface area contributed by atoms with E-state index in [0.717, 1.165) is 25.9 Å². The maximum absolute atomic E-state index is 12.0. The molecule has 1 rings (SSSR count). The third-order valence-electron chi connectivity index (χ3n) is 2.62. The minimum absolute atomic E-state index is 0.0594. The Morgan fingerprint density at radius 3 is 2.67 bits per heavy atom. The average molecular weight is 213 g/mol. The molecule has 2 unspecified atom stereocenters. The third kappa shape index (κ3) is 3.82. The Labute approximate surface area is 92.6 Å². The van der Waals surface area contributed by atoms with Gasteiger partial charge in [-0.1, -0.05) is 13.3 Å². The predicted molar refractivity (Wildman–Crippen MR) is 60.7 cm³/mol. The smallest absolute Gasteiger partial charge is 0.226 e. The van der Waals surface area contributed by atoms with Crippen LogP contribution < -0.4 is 5.32 Å². The first-order valence-corrected chi connectivity index (χ1v) is 5.87. The van der Waals surface area contributed by atoms with Crippen LogP contribution in [0.1, 0.15) is 47.0 Å². The molecule has 0 saturated carbocycles. The zero-order valence-corrected chi connectivity index (χ0v) is 10.3. The Morgan fingerprint density at radius 1 is 1.47 bits per heavy atom. The minimum Gasteiger partial charge on any atom is -0.377 e. The molecule has 88 valence electrons. The van der Waals surface area contributed by atoms with Crippen LogP contribution in [0, 0.1) is 5.92 Å². The van der Waals surface area contributed by atoms with Gasteiger partial charge >= 0.3 is 0 Å². The van der Waals surface area contributed by atoms with Gasteiger partial charge in [-0.05, 0) is 33.6 Å². The van der Waals surface area contributed by atoms with Crippen molar-refractivity contribution in [3.8, 4) is 0 Å². The molecule has 1 heterocycles. The third-order valence-corrected chi connectivity index (χ3v) is 2.62. The fraction of sp³-hybridized carbons (Fsp3) is 0.917. The molecule has 1 aliphatic rings. The van der Waals surface area contributed by atoms with E-state index >= 15 is 0 Å². The predicted octanol–water partition coefficient (Wildman–Crippen LogP) is 2.11. The van der Waals surface area contributed by atoms with Gasteiger partial charge in [-0.25, -0.2) is 0 Å². The molecule has 0 spiro atoms. The zero-order chi connectivity index (χ0) is 11.5. The molecule has 1 amide bonds. The van der Waals surface area contributed by atoms with Crippen LogP contribution in [0.15, 0.2) is 0 Å². The Hall–Kier alpha value is -0.570. The molecule has 15 heavy (non-hydrogen) atoms. The lowest BCUT2D eigenvalue weighted by Gasteiger charge is -2.25. The van der Waals surface area contributed by atoms with Crippen LogP contribution in [0.4, 0.5) is 0 Å². The highest BCUT2D eigenvalue weighted by atomic mass is 16.5. The van der Waals surface area contributed by atoms with Crippen LogP contribution >= 0.6 is 0 Å². The molecule has 1 N–H and O–H groups in total. The second kappa shape index (κ2) is 4.97. The lowest BCUT2D eigenvalue weighted by atomic mass is 9.95. The van der Waals surface area contributed by atoms with Crippen LogP contribution in [0.5, 0.6) is 0 Å². The quantitative estimate of drug-likeness (QED) is 0.779. The number of carbonyl (C=O) groups excluding carboxylic acids is 1. The van der Waals surface area contributed by atoms with E-state index in [0.29, 0.717) is 0 Å². The van der Waals surface area contributed by atoms with Gasteiger partial charge < -0.3 is 10.1 Å². The number of hydrogen-bond acceptors (Lipinski definition) is 2. The summed E-state index contributed by atoms with van der Waals surface area (Å²) in [7, 11) is 0. The lowest BCUT2D eigenvalue weighted by molar-refractivity contribution is -0.128. The fourth-order valence-corrected chi connectivity index (χ4v) is 1.98. The molecule has 0 aromatic heterocycles. The van der Waals surface area contributed by atoms with Gasteiger partial charge in [0, 0.05) is 12.1 Å². The summed E-state index contributed by atoms with van der Waals surface area (Å²) in [6.07, 6.45) is 3.07. The van der Waals surface area contributed by atoms with Gasteiger partial charge in [0.05, 0.1) is 12.0 Å². The standard InChI is InChI=1S/C12H23NO2/c1-5-6-10-9(7-8-15-10)11(14)13-12(2,3)4/h9-10H,5-8H2,1-4H3,(H,13,14). The van der Waals surface area contributed by atoms with Gasteiger partial charge in [-0.2, -0.15) is 0 Å². The van der Waals surface area contributed by atoms with Crippen LogP contribution in [-0.2, 0) is 9.53 Å². The number of rotatable bonds is 3. The number of hydrogen-bond donors (Lipinski definition) is 1. The van der Waals surface area contributed by atoms with Crippen molar-refractivity contribution in [2.24, 2.45) is 5.92 Å². The number of ether oxygens (including phenoxy) is 1. The number of carbonyl (C=O) groups is 1. The molecule has 1 aliphatic heterocycles. The van der Waals surface area contributed by atoms with Crippen molar-refractivity contribution in [2.45, 2.75) is 58.6 Å². The van der Waals surface area contributed by atoms with E-state index < -0.39 is 0 Å². The molecule has 0 aromatic carbocycles. The Kier molecular flexibility index (Phi) is 4.14. The molecule has 0 aliphatic carbocycles. The molecule has 0 bridgehead atoms. The van der Waals surface area contributed by atoms with Gasteiger partial charge in [0.15, 0.2) is 0 Å². The van der Waals surface area contributed by atoms with Crippen molar-refractivity contribution in [1.29, 1.82) is 0 Å². The molecule has 1 saturated heterocycles. The van der Waals surface area contributed by atoms with Crippen molar-refractivity contribution >= 4 is 5.91 Å². The molecule has 0 radical (unpaired) electrons. The summed E-state index contributed by atoms with van der Waals surface area (Å²) in [5.74, 6) is 0.211. The monoisotopic (exact) mass is 213 g/mol. The highest BCUT2D eigenvalue weighted by Crippen LogP contribution is 2.25. The fourth-order valence-electron chi connectivity index (χ4n) is 1.98. The normalized spacial score (nSPS) is 26.7. The molecule has 3 heteroatoms. The van der Waals surface area contributed by atoms with Gasteiger partial charge in [0.25, 0.3) is 0 Å². The Balaban J connectivity index is 2.51. The summed E-state index contributed by atoms with van der Waals surface area (Å²) in [6.45, 7) is 8.88. The summed E-state index contributed by atoms with van der Waals surface area (Å²) < 4.78 is 5.58. The molecular weight excluding hydrogens is 190 g/mol. The highest BCUT2D eigenvalue weighted by molar-refractivity contribution is 5.80. The topological polar surface area (TPSA) is 38.3 Å². The number of amides is 1. The second-order valence-electron chi connectivity index (χ2n) is 5.33. The van der Waals surface area contributed by atoms with E-state index in [9.17, 15) is 4.79 Å². The van der Waals surface area contributed by atoms with Gasteiger partial charge in [-0.15, -0.1) is 0 Å². The largest absolute Gasteiger partial charge is 0.377 e. The van der Waals surface area contributed by atoms with Crippen molar-refractivity contribution in [3.63, 3.8) is 0 Å². The van der Waals surface area contributed by atoms with Crippen LogP contribution in [0.3, 0.4) is 0 Å². The summed E-state index contributed by atoms with van der Waals surface area (Å²) in [4.78, 5) is 12.0. The van der Waals surface area contributed by atoms with E-state index in [1.165, 1.54) is 0 Å². The highest BCUT2D eigenvalue weighted by Gasteiger charge is 2.34. The van der Waals surface area contributed by atoms with Crippen molar-refractivity contribution in [3.05, 3.63) is 0 Å². The number of nitrogens with one attached hydrogen (secondary N) is 1. The van der Waals surface area contributed by atoms with E-state index in [2.05, 4.69) is 12.2 Å². The lowest BCUT2D eigenvalue weighted by Crippen LogP contribution is -2.45. The molecular formula is C12H23NO2. The molecule has 0 aromatic rings. The maximum Gasteiger partial charge on any atom is 0.226 e. The summed E-state index contributed by atoms with van der Waals surface area (Å²) in [5, 5.41) is 3.03. The van der Waals surface area contributed by atoms with E-state index in [-0.39, 0.29) is 23.5 Å². The van der Waals surface area contributed by atoms with E-state index in [1.807, 2.05) is 20.8 Å². The summed E-state index contributed by atoms with van der Waals surface area (Å²) in [5.41, 5.74) is -0.142. The van der Waals surface area contributed by atoms with Crippen molar-refractivity contribution in [2.75, 3.05) is 6.61 Å². The van der Waals surface area contributed by atoms with Gasteiger partial charge in [0.1, 0.15) is 0 Å². The Morgan fingerprint density at radius 2 is 2.13 bits per heavy atom. The first kappa shape index (κ1) is 12.5. The average Bonchev–Trinajstić information content (AvgIpc) is 2.49. The van der Waals surface area contributed by atoms with Gasteiger partial charge in [0.2, 0.25) is 5.91 Å². The summed E-state index contributed by atoms with van der Waals surface area (Å²) >= 11 is 0. The minimum atomic E-state index is -0.142. The Bertz CT molecular complexity index is 220. The van der Waals surface area contributed by atoms with Gasteiger partial charge in [-0.3, -0.25) is 4.79 Å². The van der Waals surface area contributed by atoms with E-state index in [1.54, 1.807) is 0 Å². The van der Waals surface area contributed by atoms with Crippen molar-refractivity contribution in [1.82, 2.24) is 5.32 Å². The molecule has 3 nitrogen and oxygen atoms in total. The van der Waals surface area contributed by atoms with Crippen LogP contribution in [0.2, 0.25) is 0 Å². The zero-order valence-electron chi connectivity index (χ0n) is 10.3. The van der Waals surface area contributed by atoms with Crippen molar-refractivity contribution < 1.29 is 9.53 Å². The first-order chi connectivity index (χ1) is 6.94.